The highest BCUT2D eigenvalue weighted by molar-refractivity contribution is 9.10. The average Bonchev–Trinajstić information content (AvgIpc) is 2.32. The first-order chi connectivity index (χ1) is 8.81. The quantitative estimate of drug-likeness (QED) is 0.855. The van der Waals surface area contributed by atoms with Crippen LogP contribution in [-0.4, -0.2) is 29.1 Å². The molecule has 104 valence electrons. The third-order valence-electron chi connectivity index (χ3n) is 2.30. The van der Waals surface area contributed by atoms with E-state index < -0.39 is 24.0 Å². The Morgan fingerprint density at radius 1 is 1.42 bits per heavy atom. The molecule has 1 aromatic rings. The van der Waals surface area contributed by atoms with Gasteiger partial charge in [0.2, 0.25) is 0 Å². The molecule has 2 atom stereocenters. The van der Waals surface area contributed by atoms with Gasteiger partial charge in [-0.15, -0.1) is 0 Å². The van der Waals surface area contributed by atoms with Crippen LogP contribution in [0.2, 0.25) is 5.02 Å². The maximum absolute atomic E-state index is 11.7. The van der Waals surface area contributed by atoms with E-state index in [1.165, 1.54) is 13.8 Å². The molecule has 0 aliphatic carbocycles. The fraction of sp³-hybridized carbons (Fsp3) is 0.333. The van der Waals surface area contributed by atoms with Gasteiger partial charge < -0.3 is 15.2 Å². The SMILES string of the molecule is CC(Oc1ccc(Cl)cc1Br)C(=O)N[C@H](C)C(=O)O. The number of hydrogen-bond acceptors (Lipinski definition) is 3. The molecule has 1 amide bonds. The Bertz CT molecular complexity index is 495. The van der Waals surface area contributed by atoms with Gasteiger partial charge in [0.25, 0.3) is 5.91 Å². The highest BCUT2D eigenvalue weighted by atomic mass is 79.9. The molecule has 19 heavy (non-hydrogen) atoms. The smallest absolute Gasteiger partial charge is 0.325 e. The molecule has 0 bridgehead atoms. The molecule has 0 saturated carbocycles. The Kier molecular flexibility index (Phi) is 5.62. The first-order valence-corrected chi connectivity index (χ1v) is 6.63. The van der Waals surface area contributed by atoms with Crippen LogP contribution < -0.4 is 10.1 Å². The van der Waals surface area contributed by atoms with Crippen LogP contribution in [0.25, 0.3) is 0 Å². The number of benzene rings is 1. The van der Waals surface area contributed by atoms with Gasteiger partial charge in [-0.05, 0) is 48.0 Å². The molecule has 5 nitrogen and oxygen atoms in total. The summed E-state index contributed by atoms with van der Waals surface area (Å²) in [6.07, 6.45) is -0.820. The van der Waals surface area contributed by atoms with Crippen LogP contribution in [0.15, 0.2) is 22.7 Å². The molecule has 0 radical (unpaired) electrons. The lowest BCUT2D eigenvalue weighted by Crippen LogP contribution is -2.44. The number of carboxylic acid groups (broad SMARTS) is 1. The van der Waals surface area contributed by atoms with Gasteiger partial charge in [-0.25, -0.2) is 0 Å². The minimum absolute atomic E-state index is 0.454. The number of carboxylic acids is 1. The summed E-state index contributed by atoms with van der Waals surface area (Å²) in [5.74, 6) is -1.15. The second-order valence-corrected chi connectivity index (χ2v) is 5.19. The number of rotatable bonds is 5. The molecular weight excluding hydrogens is 337 g/mol. The summed E-state index contributed by atoms with van der Waals surface area (Å²) in [5.41, 5.74) is 0. The van der Waals surface area contributed by atoms with Gasteiger partial charge in [-0.3, -0.25) is 9.59 Å². The molecule has 0 aromatic heterocycles. The lowest BCUT2D eigenvalue weighted by Gasteiger charge is -2.17. The summed E-state index contributed by atoms with van der Waals surface area (Å²) in [6.45, 7) is 2.91. The monoisotopic (exact) mass is 349 g/mol. The predicted molar refractivity (Wildman–Crippen MR) is 74.5 cm³/mol. The molecule has 1 rings (SSSR count). The molecule has 0 heterocycles. The van der Waals surface area contributed by atoms with Crippen molar-refractivity contribution in [2.75, 3.05) is 0 Å². The first kappa shape index (κ1) is 15.8. The van der Waals surface area contributed by atoms with Gasteiger partial charge in [0, 0.05) is 5.02 Å². The van der Waals surface area contributed by atoms with Crippen LogP contribution in [0.4, 0.5) is 0 Å². The van der Waals surface area contributed by atoms with Gasteiger partial charge in [0.15, 0.2) is 6.10 Å². The Hall–Kier alpha value is -1.27. The van der Waals surface area contributed by atoms with Crippen molar-refractivity contribution < 1.29 is 19.4 Å². The summed E-state index contributed by atoms with van der Waals surface area (Å²) in [4.78, 5) is 22.3. The molecule has 0 aliphatic rings. The number of nitrogens with one attached hydrogen (secondary N) is 1. The number of amides is 1. The van der Waals surface area contributed by atoms with Crippen LogP contribution in [0.5, 0.6) is 5.75 Å². The van der Waals surface area contributed by atoms with Crippen molar-refractivity contribution in [1.29, 1.82) is 0 Å². The van der Waals surface area contributed by atoms with Crippen LogP contribution in [-0.2, 0) is 9.59 Å². The molecule has 7 heteroatoms. The maximum Gasteiger partial charge on any atom is 0.325 e. The van der Waals surface area contributed by atoms with Gasteiger partial charge in [0.1, 0.15) is 11.8 Å². The number of hydrogen-bond donors (Lipinski definition) is 2. The fourth-order valence-corrected chi connectivity index (χ4v) is 1.98. The van der Waals surface area contributed by atoms with E-state index in [-0.39, 0.29) is 0 Å². The van der Waals surface area contributed by atoms with Crippen molar-refractivity contribution in [1.82, 2.24) is 5.32 Å². The molecular formula is C12H13BrClNO4. The van der Waals surface area contributed by atoms with Crippen LogP contribution in [0.3, 0.4) is 0 Å². The number of aliphatic carboxylic acids is 1. The Balaban J connectivity index is 2.66. The molecule has 0 fully saturated rings. The van der Waals surface area contributed by atoms with Crippen LogP contribution >= 0.6 is 27.5 Å². The Morgan fingerprint density at radius 2 is 2.05 bits per heavy atom. The highest BCUT2D eigenvalue weighted by Gasteiger charge is 2.20. The summed E-state index contributed by atoms with van der Waals surface area (Å²) in [7, 11) is 0. The molecule has 1 unspecified atom stereocenters. The number of halogens is 2. The van der Waals surface area contributed by atoms with Crippen LogP contribution in [0.1, 0.15) is 13.8 Å². The second kappa shape index (κ2) is 6.77. The van der Waals surface area contributed by atoms with Crippen molar-refractivity contribution in [3.05, 3.63) is 27.7 Å². The number of carbonyl (C=O) groups is 2. The van der Waals surface area contributed by atoms with Crippen molar-refractivity contribution in [2.45, 2.75) is 26.0 Å². The van der Waals surface area contributed by atoms with E-state index in [0.29, 0.717) is 15.2 Å². The standard InChI is InChI=1S/C12H13BrClNO4/c1-6(12(17)18)15-11(16)7(2)19-10-4-3-8(14)5-9(10)13/h3-7H,1-2H3,(H,15,16)(H,17,18)/t6-,7?/m1/s1. The summed E-state index contributed by atoms with van der Waals surface area (Å²) in [6, 6.07) is 3.93. The molecule has 0 spiro atoms. The largest absolute Gasteiger partial charge is 0.480 e. The van der Waals surface area contributed by atoms with Crippen LogP contribution in [0, 0.1) is 0 Å². The van der Waals surface area contributed by atoms with E-state index in [1.54, 1.807) is 18.2 Å². The van der Waals surface area contributed by atoms with E-state index in [0.717, 1.165) is 0 Å². The summed E-state index contributed by atoms with van der Waals surface area (Å²) >= 11 is 9.05. The zero-order valence-electron chi connectivity index (χ0n) is 10.3. The van der Waals surface area contributed by atoms with E-state index in [4.69, 9.17) is 21.4 Å². The molecule has 2 N–H and O–H groups in total. The van der Waals surface area contributed by atoms with Gasteiger partial charge >= 0.3 is 5.97 Å². The fourth-order valence-electron chi connectivity index (χ4n) is 1.21. The average molecular weight is 351 g/mol. The molecule has 1 aromatic carbocycles. The summed E-state index contributed by atoms with van der Waals surface area (Å²) < 4.78 is 6.05. The Labute approximate surface area is 124 Å². The number of ether oxygens (including phenoxy) is 1. The lowest BCUT2D eigenvalue weighted by atomic mass is 10.3. The predicted octanol–water partition coefficient (Wildman–Crippen LogP) is 2.46. The van der Waals surface area contributed by atoms with E-state index in [9.17, 15) is 9.59 Å². The van der Waals surface area contributed by atoms with Crippen molar-refractivity contribution in [3.8, 4) is 5.75 Å². The van der Waals surface area contributed by atoms with E-state index in [1.807, 2.05) is 0 Å². The zero-order valence-corrected chi connectivity index (χ0v) is 12.7. The Morgan fingerprint density at radius 3 is 2.58 bits per heavy atom. The van der Waals surface area contributed by atoms with Crippen molar-refractivity contribution in [2.24, 2.45) is 0 Å². The minimum atomic E-state index is -1.10. The van der Waals surface area contributed by atoms with Gasteiger partial charge in [-0.2, -0.15) is 0 Å². The van der Waals surface area contributed by atoms with E-state index in [2.05, 4.69) is 21.2 Å². The minimum Gasteiger partial charge on any atom is -0.480 e. The highest BCUT2D eigenvalue weighted by Crippen LogP contribution is 2.28. The topological polar surface area (TPSA) is 75.6 Å². The maximum atomic E-state index is 11.7. The normalized spacial score (nSPS) is 13.5. The first-order valence-electron chi connectivity index (χ1n) is 5.46. The third-order valence-corrected chi connectivity index (χ3v) is 3.15. The van der Waals surface area contributed by atoms with E-state index >= 15 is 0 Å². The summed E-state index contributed by atoms with van der Waals surface area (Å²) in [5, 5.41) is 11.6. The molecule has 0 saturated heterocycles. The lowest BCUT2D eigenvalue weighted by molar-refractivity contribution is -0.142. The van der Waals surface area contributed by atoms with Gasteiger partial charge in [-0.1, -0.05) is 11.6 Å². The number of carbonyl (C=O) groups excluding carboxylic acids is 1. The van der Waals surface area contributed by atoms with Crippen molar-refractivity contribution in [3.63, 3.8) is 0 Å². The van der Waals surface area contributed by atoms with Gasteiger partial charge in [0.05, 0.1) is 4.47 Å². The molecule has 0 aliphatic heterocycles. The second-order valence-electron chi connectivity index (χ2n) is 3.90. The zero-order chi connectivity index (χ0) is 14.6. The third kappa shape index (κ3) is 4.72. The van der Waals surface area contributed by atoms with Crippen molar-refractivity contribution >= 4 is 39.4 Å².